The highest BCUT2D eigenvalue weighted by atomic mass is 32.2. The van der Waals surface area contributed by atoms with Gasteiger partial charge in [0.2, 0.25) is 11.8 Å². The van der Waals surface area contributed by atoms with Crippen LogP contribution in [0.5, 0.6) is 0 Å². The molecule has 10 heteroatoms. The second kappa shape index (κ2) is 10.7. The van der Waals surface area contributed by atoms with Crippen molar-refractivity contribution in [3.8, 4) is 22.6 Å². The quantitative estimate of drug-likeness (QED) is 0.215. The van der Waals surface area contributed by atoms with E-state index in [2.05, 4.69) is 10.1 Å². The molecule has 0 atom stereocenters. The molecule has 4 aromatic rings. The molecule has 0 amide bonds. The summed E-state index contributed by atoms with van der Waals surface area (Å²) in [5.74, 6) is 1.40. The van der Waals surface area contributed by atoms with Gasteiger partial charge in [-0.25, -0.2) is 17.7 Å². The van der Waals surface area contributed by atoms with E-state index in [9.17, 15) is 8.42 Å². The van der Waals surface area contributed by atoms with Gasteiger partial charge in [-0.3, -0.25) is 0 Å². The van der Waals surface area contributed by atoms with E-state index in [0.29, 0.717) is 29.3 Å². The minimum Gasteiger partial charge on any atom is -0.441 e. The van der Waals surface area contributed by atoms with Crippen LogP contribution in [0.15, 0.2) is 62.4 Å². The summed E-state index contributed by atoms with van der Waals surface area (Å²) in [6.45, 7) is 7.56. The monoisotopic (exact) mass is 511 g/mol. The molecule has 0 N–H and O–H groups in total. The van der Waals surface area contributed by atoms with Crippen molar-refractivity contribution < 1.29 is 26.8 Å². The van der Waals surface area contributed by atoms with E-state index < -0.39 is 10.0 Å². The molecule has 0 spiro atoms. The van der Waals surface area contributed by atoms with Crippen LogP contribution in [0.1, 0.15) is 22.7 Å². The zero-order valence-electron chi connectivity index (χ0n) is 20.9. The molecular weight excluding hydrogens is 482 g/mol. The number of aryl methyl sites for hydroxylation is 3. The van der Waals surface area contributed by atoms with Crippen LogP contribution in [-0.4, -0.2) is 45.6 Å². The third kappa shape index (κ3) is 5.06. The van der Waals surface area contributed by atoms with E-state index in [1.807, 2.05) is 38.1 Å². The van der Waals surface area contributed by atoms with Crippen LogP contribution in [0, 0.1) is 27.7 Å². The molecule has 0 fully saturated rings. The van der Waals surface area contributed by atoms with Crippen molar-refractivity contribution in [1.82, 2.24) is 10.1 Å². The maximum atomic E-state index is 14.0. The fourth-order valence-electron chi connectivity index (χ4n) is 3.60. The van der Waals surface area contributed by atoms with Crippen LogP contribution in [0.4, 0.5) is 5.88 Å². The Hall–Kier alpha value is -3.47. The van der Waals surface area contributed by atoms with E-state index in [-0.39, 0.29) is 24.1 Å². The van der Waals surface area contributed by atoms with Crippen molar-refractivity contribution in [3.63, 3.8) is 0 Å². The Morgan fingerprint density at radius 3 is 2.22 bits per heavy atom. The smallest absolute Gasteiger partial charge is 0.269 e. The lowest BCUT2D eigenvalue weighted by Gasteiger charge is -2.23. The SMILES string of the molecule is COCCOCN(c1onc(C)c1C)S(=O)(=O)c1ccccc1-c1ccc(-c2nc(C)c(C)o2)cc1. The molecule has 0 saturated carbocycles. The van der Waals surface area contributed by atoms with Gasteiger partial charge in [0.05, 0.1) is 29.5 Å². The molecule has 4 rings (SSSR count). The maximum Gasteiger partial charge on any atom is 0.269 e. The molecule has 2 heterocycles. The van der Waals surface area contributed by atoms with E-state index in [4.69, 9.17) is 18.4 Å². The molecule has 2 aromatic carbocycles. The number of aromatic nitrogens is 2. The number of anilines is 1. The van der Waals surface area contributed by atoms with Gasteiger partial charge in [-0.05, 0) is 51.5 Å². The first-order valence-corrected chi connectivity index (χ1v) is 12.8. The molecule has 2 aromatic heterocycles. The standard InChI is InChI=1S/C26H29N3O6S/c1-17-18(2)28-35-26(17)29(16-33-15-14-32-5)36(30,31)24-9-7-6-8-23(24)21-10-12-22(13-11-21)25-27-19(3)20(4)34-25/h6-13H,14-16H2,1-5H3. The first-order valence-electron chi connectivity index (χ1n) is 11.4. The van der Waals surface area contributed by atoms with Crippen molar-refractivity contribution in [2.24, 2.45) is 0 Å². The van der Waals surface area contributed by atoms with Crippen LogP contribution in [-0.2, 0) is 19.5 Å². The van der Waals surface area contributed by atoms with Crippen LogP contribution in [0.25, 0.3) is 22.6 Å². The average molecular weight is 512 g/mol. The van der Waals surface area contributed by atoms with Crippen molar-refractivity contribution >= 4 is 15.9 Å². The highest BCUT2D eigenvalue weighted by Gasteiger charge is 2.32. The summed E-state index contributed by atoms with van der Waals surface area (Å²) in [4.78, 5) is 4.56. The van der Waals surface area contributed by atoms with Gasteiger partial charge in [0.15, 0.2) is 0 Å². The molecule has 190 valence electrons. The lowest BCUT2D eigenvalue weighted by molar-refractivity contribution is 0.0744. The van der Waals surface area contributed by atoms with Crippen LogP contribution < -0.4 is 4.31 Å². The van der Waals surface area contributed by atoms with Gasteiger partial charge in [-0.2, -0.15) is 0 Å². The second-order valence-corrected chi connectivity index (χ2v) is 10.1. The lowest BCUT2D eigenvalue weighted by atomic mass is 10.0. The normalized spacial score (nSPS) is 11.7. The molecule has 0 radical (unpaired) electrons. The number of benzene rings is 2. The Morgan fingerprint density at radius 2 is 1.61 bits per heavy atom. The van der Waals surface area contributed by atoms with Crippen molar-refractivity contribution in [1.29, 1.82) is 0 Å². The number of sulfonamides is 1. The Labute approximate surface area is 210 Å². The van der Waals surface area contributed by atoms with Gasteiger partial charge in [0.25, 0.3) is 10.0 Å². The zero-order valence-corrected chi connectivity index (χ0v) is 21.8. The number of methoxy groups -OCH3 is 1. The molecule has 9 nitrogen and oxygen atoms in total. The molecule has 0 aliphatic heterocycles. The lowest BCUT2D eigenvalue weighted by Crippen LogP contribution is -2.34. The summed E-state index contributed by atoms with van der Waals surface area (Å²) in [7, 11) is -2.54. The van der Waals surface area contributed by atoms with Gasteiger partial charge in [0, 0.05) is 23.8 Å². The Kier molecular flexibility index (Phi) is 7.58. The number of hydrogen-bond donors (Lipinski definition) is 0. The number of nitrogens with zero attached hydrogens (tertiary/aromatic N) is 3. The van der Waals surface area contributed by atoms with Crippen molar-refractivity contribution in [2.75, 3.05) is 31.4 Å². The summed E-state index contributed by atoms with van der Waals surface area (Å²) >= 11 is 0. The summed E-state index contributed by atoms with van der Waals surface area (Å²) in [6, 6.07) is 14.2. The molecule has 36 heavy (non-hydrogen) atoms. The van der Waals surface area contributed by atoms with E-state index in [1.54, 1.807) is 45.2 Å². The second-order valence-electron chi connectivity index (χ2n) is 8.32. The minimum atomic E-state index is -4.09. The van der Waals surface area contributed by atoms with Gasteiger partial charge in [0.1, 0.15) is 12.5 Å². The van der Waals surface area contributed by atoms with Crippen LogP contribution >= 0.6 is 0 Å². The molecule has 0 aliphatic rings. The first kappa shape index (κ1) is 25.6. The number of ether oxygens (including phenoxy) is 2. The largest absolute Gasteiger partial charge is 0.441 e. The number of hydrogen-bond acceptors (Lipinski definition) is 8. The Bertz CT molecular complexity index is 1420. The van der Waals surface area contributed by atoms with Gasteiger partial charge in [-0.1, -0.05) is 35.5 Å². The third-order valence-electron chi connectivity index (χ3n) is 5.93. The van der Waals surface area contributed by atoms with Crippen molar-refractivity contribution in [3.05, 3.63) is 71.2 Å². The maximum absolute atomic E-state index is 14.0. The highest BCUT2D eigenvalue weighted by Crippen LogP contribution is 2.34. The van der Waals surface area contributed by atoms with E-state index >= 15 is 0 Å². The van der Waals surface area contributed by atoms with Crippen LogP contribution in [0.3, 0.4) is 0 Å². The summed E-state index contributed by atoms with van der Waals surface area (Å²) < 4.78 is 50.8. The predicted molar refractivity (Wildman–Crippen MR) is 135 cm³/mol. The van der Waals surface area contributed by atoms with Gasteiger partial charge >= 0.3 is 0 Å². The third-order valence-corrected chi connectivity index (χ3v) is 7.69. The molecule has 0 bridgehead atoms. The summed E-state index contributed by atoms with van der Waals surface area (Å²) in [5.41, 5.74) is 4.12. The van der Waals surface area contributed by atoms with E-state index in [1.165, 1.54) is 0 Å². The fraction of sp³-hybridized carbons (Fsp3) is 0.308. The number of oxazole rings is 1. The topological polar surface area (TPSA) is 108 Å². The molecule has 0 saturated heterocycles. The predicted octanol–water partition coefficient (Wildman–Crippen LogP) is 5.05. The van der Waals surface area contributed by atoms with Crippen LogP contribution in [0.2, 0.25) is 0 Å². The summed E-state index contributed by atoms with van der Waals surface area (Å²) in [6.07, 6.45) is 0. The molecular formula is C26H29N3O6S. The average Bonchev–Trinajstić information content (AvgIpc) is 3.39. The fourth-order valence-corrected chi connectivity index (χ4v) is 5.15. The first-order chi connectivity index (χ1) is 17.2. The highest BCUT2D eigenvalue weighted by molar-refractivity contribution is 7.93. The zero-order chi connectivity index (χ0) is 25.9. The van der Waals surface area contributed by atoms with Crippen molar-refractivity contribution in [2.45, 2.75) is 32.6 Å². The molecule has 0 aliphatic carbocycles. The summed E-state index contributed by atoms with van der Waals surface area (Å²) in [5, 5.41) is 3.94. The number of rotatable bonds is 10. The van der Waals surface area contributed by atoms with Gasteiger partial charge in [-0.15, -0.1) is 0 Å². The molecule has 0 unspecified atom stereocenters. The van der Waals surface area contributed by atoms with E-state index in [0.717, 1.165) is 26.9 Å². The minimum absolute atomic E-state index is 0.115. The Balaban J connectivity index is 1.73. The Morgan fingerprint density at radius 1 is 0.917 bits per heavy atom. The van der Waals surface area contributed by atoms with Gasteiger partial charge < -0.3 is 18.4 Å².